The molecule has 0 saturated carbocycles. The Hall–Kier alpha value is -2.04. The first-order valence-electron chi connectivity index (χ1n) is 7.28. The van der Waals surface area contributed by atoms with Gasteiger partial charge in [0.25, 0.3) is 0 Å². The SMILES string of the molecule is Cc1cc(/C=[N+](\[O-])C(C)(C)C)c(O)c(/C=[N+](/[O-])C(C)(C)C)c1. The van der Waals surface area contributed by atoms with Crippen LogP contribution in [0.4, 0.5) is 0 Å². The topological polar surface area (TPSA) is 72.4 Å². The number of hydrogen-bond donors (Lipinski definition) is 1. The van der Waals surface area contributed by atoms with E-state index in [-0.39, 0.29) is 5.75 Å². The molecule has 5 heteroatoms. The van der Waals surface area contributed by atoms with Crippen molar-refractivity contribution in [1.82, 2.24) is 0 Å². The van der Waals surface area contributed by atoms with Crippen LogP contribution in [0, 0.1) is 17.3 Å². The lowest BCUT2D eigenvalue weighted by molar-refractivity contribution is -0.530. The Morgan fingerprint density at radius 2 is 1.18 bits per heavy atom. The maximum Gasteiger partial charge on any atom is 0.186 e. The first-order valence-corrected chi connectivity index (χ1v) is 7.28. The number of phenols is 1. The monoisotopic (exact) mass is 306 g/mol. The lowest BCUT2D eigenvalue weighted by atomic mass is 10.0. The lowest BCUT2D eigenvalue weighted by Gasteiger charge is -2.20. The van der Waals surface area contributed by atoms with Crippen LogP contribution in [-0.4, -0.2) is 38.1 Å². The Labute approximate surface area is 132 Å². The molecule has 0 unspecified atom stereocenters. The number of phenolic OH excluding ortho intramolecular Hbond substituents is 1. The van der Waals surface area contributed by atoms with E-state index in [0.29, 0.717) is 11.1 Å². The highest BCUT2D eigenvalue weighted by atomic mass is 16.5. The molecule has 0 aliphatic heterocycles. The molecular formula is C17H26N2O3. The third-order valence-corrected chi connectivity index (χ3v) is 3.15. The molecule has 0 bridgehead atoms. The van der Waals surface area contributed by atoms with Gasteiger partial charge in [-0.05, 0) is 24.6 Å². The van der Waals surface area contributed by atoms with Crippen LogP contribution in [0.3, 0.4) is 0 Å². The summed E-state index contributed by atoms with van der Waals surface area (Å²) < 4.78 is 1.59. The summed E-state index contributed by atoms with van der Waals surface area (Å²) >= 11 is 0. The molecule has 5 nitrogen and oxygen atoms in total. The Morgan fingerprint density at radius 3 is 1.45 bits per heavy atom. The molecule has 0 aliphatic carbocycles. The van der Waals surface area contributed by atoms with E-state index in [2.05, 4.69) is 0 Å². The average Bonchev–Trinajstić information content (AvgIpc) is 2.32. The van der Waals surface area contributed by atoms with Crippen molar-refractivity contribution >= 4 is 12.4 Å². The molecule has 0 aromatic heterocycles. The van der Waals surface area contributed by atoms with Gasteiger partial charge in [0.1, 0.15) is 5.75 Å². The van der Waals surface area contributed by atoms with Crippen molar-refractivity contribution in [2.75, 3.05) is 0 Å². The number of aromatic hydroxyl groups is 1. The molecule has 0 fully saturated rings. The smallest absolute Gasteiger partial charge is 0.186 e. The summed E-state index contributed by atoms with van der Waals surface area (Å²) in [5.74, 6) is -0.0687. The third-order valence-electron chi connectivity index (χ3n) is 3.15. The molecule has 1 aromatic rings. The summed E-state index contributed by atoms with van der Waals surface area (Å²) in [5, 5.41) is 34.5. The third kappa shape index (κ3) is 4.48. The van der Waals surface area contributed by atoms with Crippen LogP contribution in [0.1, 0.15) is 58.2 Å². The van der Waals surface area contributed by atoms with Crippen LogP contribution < -0.4 is 0 Å². The minimum absolute atomic E-state index is 0.0687. The summed E-state index contributed by atoms with van der Waals surface area (Å²) in [4.78, 5) is 0. The number of hydroxylamine groups is 2. The van der Waals surface area contributed by atoms with Gasteiger partial charge in [-0.1, -0.05) is 0 Å². The Bertz CT molecular complexity index is 567. The number of hydrogen-bond acceptors (Lipinski definition) is 3. The van der Waals surface area contributed by atoms with Crippen molar-refractivity contribution < 1.29 is 14.6 Å². The van der Waals surface area contributed by atoms with Crippen molar-refractivity contribution in [2.24, 2.45) is 0 Å². The van der Waals surface area contributed by atoms with Crippen molar-refractivity contribution in [3.63, 3.8) is 0 Å². The van der Waals surface area contributed by atoms with E-state index < -0.39 is 11.1 Å². The van der Waals surface area contributed by atoms with Gasteiger partial charge < -0.3 is 15.5 Å². The molecular weight excluding hydrogens is 280 g/mol. The highest BCUT2D eigenvalue weighted by Crippen LogP contribution is 2.23. The van der Waals surface area contributed by atoms with Gasteiger partial charge in [0.05, 0.1) is 11.1 Å². The first-order chi connectivity index (χ1) is 9.82. The molecule has 122 valence electrons. The van der Waals surface area contributed by atoms with E-state index in [1.807, 2.05) is 6.92 Å². The molecule has 22 heavy (non-hydrogen) atoms. The number of aryl methyl sites for hydroxylation is 1. The minimum atomic E-state index is -0.601. The maximum atomic E-state index is 12.1. The van der Waals surface area contributed by atoms with Crippen LogP contribution in [0.2, 0.25) is 0 Å². The highest BCUT2D eigenvalue weighted by molar-refractivity contribution is 5.89. The molecule has 0 saturated heterocycles. The van der Waals surface area contributed by atoms with Gasteiger partial charge in [-0.25, -0.2) is 9.48 Å². The first kappa shape index (κ1) is 18.0. The lowest BCUT2D eigenvalue weighted by Crippen LogP contribution is -2.30. The minimum Gasteiger partial charge on any atom is -0.623 e. The summed E-state index contributed by atoms with van der Waals surface area (Å²) in [7, 11) is 0. The second-order valence-corrected chi connectivity index (χ2v) is 7.54. The zero-order valence-electron chi connectivity index (χ0n) is 14.5. The average molecular weight is 306 g/mol. The zero-order chi connectivity index (χ0) is 17.3. The Kier molecular flexibility index (Phi) is 4.90. The van der Waals surface area contributed by atoms with Crippen LogP contribution in [0.5, 0.6) is 5.75 Å². The van der Waals surface area contributed by atoms with E-state index in [1.54, 1.807) is 53.7 Å². The van der Waals surface area contributed by atoms with Gasteiger partial charge in [0, 0.05) is 41.5 Å². The van der Waals surface area contributed by atoms with Crippen LogP contribution in [-0.2, 0) is 0 Å². The number of rotatable bonds is 2. The van der Waals surface area contributed by atoms with Gasteiger partial charge in [-0.2, -0.15) is 0 Å². The van der Waals surface area contributed by atoms with E-state index in [0.717, 1.165) is 15.0 Å². The Morgan fingerprint density at radius 1 is 0.864 bits per heavy atom. The molecule has 0 radical (unpaired) electrons. The Balaban J connectivity index is 3.43. The van der Waals surface area contributed by atoms with Crippen molar-refractivity contribution in [2.45, 2.75) is 59.5 Å². The molecule has 0 spiro atoms. The second-order valence-electron chi connectivity index (χ2n) is 7.54. The highest BCUT2D eigenvalue weighted by Gasteiger charge is 2.22. The van der Waals surface area contributed by atoms with E-state index in [1.165, 1.54) is 12.4 Å². The molecule has 0 atom stereocenters. The van der Waals surface area contributed by atoms with Gasteiger partial charge in [0.15, 0.2) is 23.5 Å². The number of benzene rings is 1. The molecule has 0 amide bonds. The molecule has 0 aliphatic rings. The zero-order valence-corrected chi connectivity index (χ0v) is 14.5. The van der Waals surface area contributed by atoms with Crippen molar-refractivity contribution in [3.8, 4) is 5.75 Å². The van der Waals surface area contributed by atoms with Crippen LogP contribution in [0.15, 0.2) is 12.1 Å². The van der Waals surface area contributed by atoms with Crippen molar-refractivity contribution in [1.29, 1.82) is 0 Å². The van der Waals surface area contributed by atoms with E-state index in [9.17, 15) is 15.5 Å². The molecule has 1 N–H and O–H groups in total. The van der Waals surface area contributed by atoms with Gasteiger partial charge >= 0.3 is 0 Å². The quantitative estimate of drug-likeness (QED) is 0.395. The molecule has 1 aromatic carbocycles. The van der Waals surface area contributed by atoms with Crippen LogP contribution >= 0.6 is 0 Å². The largest absolute Gasteiger partial charge is 0.623 e. The maximum absolute atomic E-state index is 12.1. The fourth-order valence-electron chi connectivity index (χ4n) is 1.67. The van der Waals surface area contributed by atoms with E-state index >= 15 is 0 Å². The fourth-order valence-corrected chi connectivity index (χ4v) is 1.67. The number of nitrogens with zero attached hydrogens (tertiary/aromatic N) is 2. The standard InChI is InChI=1S/C17H26N2O3/c1-12-8-13(10-18(21)16(2,3)4)15(20)14(9-12)11-19(22)17(5,6)7/h8-11,20H,1-7H3/b18-10-,19-11+. The van der Waals surface area contributed by atoms with Gasteiger partial charge in [-0.3, -0.25) is 0 Å². The summed E-state index contributed by atoms with van der Waals surface area (Å²) in [6.45, 7) is 12.6. The van der Waals surface area contributed by atoms with Crippen molar-refractivity contribution in [3.05, 3.63) is 39.2 Å². The van der Waals surface area contributed by atoms with Gasteiger partial charge in [-0.15, -0.1) is 0 Å². The molecule has 0 heterocycles. The van der Waals surface area contributed by atoms with Gasteiger partial charge in [0.2, 0.25) is 0 Å². The van der Waals surface area contributed by atoms with Crippen LogP contribution in [0.25, 0.3) is 0 Å². The summed E-state index contributed by atoms with van der Waals surface area (Å²) in [6, 6.07) is 3.44. The predicted octanol–water partition coefficient (Wildman–Crippen LogP) is 3.16. The second kappa shape index (κ2) is 5.99. The fraction of sp³-hybridized carbons (Fsp3) is 0.529. The summed E-state index contributed by atoms with van der Waals surface area (Å²) in [6.07, 6.45) is 2.71. The normalized spacial score (nSPS) is 14.3. The molecule has 1 rings (SSSR count). The van der Waals surface area contributed by atoms with E-state index in [4.69, 9.17) is 0 Å². The summed E-state index contributed by atoms with van der Waals surface area (Å²) in [5.41, 5.74) is 0.461. The predicted molar refractivity (Wildman–Crippen MR) is 89.9 cm³/mol.